The molecule has 4 amide bonds. The quantitative estimate of drug-likeness (QED) is 0.479. The van der Waals surface area contributed by atoms with Gasteiger partial charge in [0.2, 0.25) is 11.8 Å². The van der Waals surface area contributed by atoms with Crippen LogP contribution in [0.15, 0.2) is 18.2 Å². The number of rotatable bonds is 2. The van der Waals surface area contributed by atoms with Gasteiger partial charge < -0.3 is 15.5 Å². The summed E-state index contributed by atoms with van der Waals surface area (Å²) in [7, 11) is 2.99. The van der Waals surface area contributed by atoms with E-state index in [1.165, 1.54) is 14.1 Å². The highest BCUT2D eigenvalue weighted by molar-refractivity contribution is 7.80. The molecule has 4 aliphatic rings. The molecule has 1 saturated carbocycles. The van der Waals surface area contributed by atoms with Crippen LogP contribution in [0, 0.1) is 16.2 Å². The molecule has 1 aromatic carbocycles. The van der Waals surface area contributed by atoms with E-state index in [4.69, 9.17) is 12.2 Å². The Hall–Kier alpha value is -2.68. The fourth-order valence-corrected chi connectivity index (χ4v) is 8.13. The van der Waals surface area contributed by atoms with Crippen LogP contribution in [0.1, 0.15) is 52.5 Å². The standard InChI is InChI=1S/C26H35N5O3S/c1-7-27-22(35)28-16-8-9-18-15(10-16)11-26(20(32)29(5)23(34)30(6)21(26)33)19-25(4)13-17(31(18)19)12-24(2,3)14-25/h8-10,17,19H,7,11-14H2,1-6H3,(H2,27,28,35)/t17-,19-,25+/m1/s1. The molecule has 0 unspecified atom stereocenters. The molecule has 2 saturated heterocycles. The second kappa shape index (κ2) is 7.66. The first-order chi connectivity index (χ1) is 16.3. The van der Waals surface area contributed by atoms with Gasteiger partial charge in [0.05, 0.1) is 6.04 Å². The molecular formula is C26H35N5O3S. The minimum absolute atomic E-state index is 0.0876. The predicted octanol–water partition coefficient (Wildman–Crippen LogP) is 3.36. The summed E-state index contributed by atoms with van der Waals surface area (Å²) < 4.78 is 0. The molecule has 0 aromatic heterocycles. The molecule has 3 fully saturated rings. The van der Waals surface area contributed by atoms with E-state index in [2.05, 4.69) is 42.4 Å². The van der Waals surface area contributed by atoms with E-state index < -0.39 is 11.4 Å². The van der Waals surface area contributed by atoms with Crippen molar-refractivity contribution in [3.8, 4) is 0 Å². The molecule has 3 heterocycles. The van der Waals surface area contributed by atoms with Crippen LogP contribution in [-0.4, -0.2) is 65.5 Å². The average molecular weight is 498 g/mol. The Morgan fingerprint density at radius 2 is 1.74 bits per heavy atom. The van der Waals surface area contributed by atoms with E-state index in [9.17, 15) is 14.4 Å². The lowest BCUT2D eigenvalue weighted by Crippen LogP contribution is -2.72. The summed E-state index contributed by atoms with van der Waals surface area (Å²) in [6.07, 6.45) is 3.10. The number of urea groups is 1. The molecule has 2 N–H and O–H groups in total. The largest absolute Gasteiger partial charge is 0.363 e. The highest BCUT2D eigenvalue weighted by atomic mass is 32.1. The zero-order valence-electron chi connectivity index (χ0n) is 21.4. The van der Waals surface area contributed by atoms with Crippen LogP contribution < -0.4 is 15.5 Å². The number of anilines is 2. The fraction of sp³-hybridized carbons (Fsp3) is 0.615. The number of carbonyl (C=O) groups excluding carboxylic acids is 3. The first kappa shape index (κ1) is 24.0. The maximum Gasteiger partial charge on any atom is 0.332 e. The van der Waals surface area contributed by atoms with Gasteiger partial charge in [-0.05, 0) is 79.4 Å². The molecule has 8 nitrogen and oxygen atoms in total. The molecule has 1 aromatic rings. The van der Waals surface area contributed by atoms with Crippen LogP contribution >= 0.6 is 12.2 Å². The Labute approximate surface area is 212 Å². The molecule has 3 atom stereocenters. The summed E-state index contributed by atoms with van der Waals surface area (Å²) in [5.41, 5.74) is 1.32. The second-order valence-corrected chi connectivity index (χ2v) is 12.3. The van der Waals surface area contributed by atoms with Gasteiger partial charge in [-0.1, -0.05) is 20.8 Å². The Balaban J connectivity index is 1.70. The minimum Gasteiger partial charge on any atom is -0.363 e. The number of nitrogens with zero attached hydrogens (tertiary/aromatic N) is 3. The van der Waals surface area contributed by atoms with E-state index >= 15 is 0 Å². The highest BCUT2D eigenvalue weighted by Gasteiger charge is 2.71. The molecule has 1 aliphatic carbocycles. The van der Waals surface area contributed by atoms with Crippen molar-refractivity contribution in [2.75, 3.05) is 30.9 Å². The number of thiocarbonyl (C=S) groups is 1. The molecule has 9 heteroatoms. The van der Waals surface area contributed by atoms with Crippen molar-refractivity contribution < 1.29 is 14.4 Å². The summed E-state index contributed by atoms with van der Waals surface area (Å²) in [5.74, 6) is -0.779. The summed E-state index contributed by atoms with van der Waals surface area (Å²) in [6, 6.07) is 5.46. The van der Waals surface area contributed by atoms with Crippen LogP contribution in [0.25, 0.3) is 0 Å². The number of nitrogens with one attached hydrogen (secondary N) is 2. The van der Waals surface area contributed by atoms with Gasteiger partial charge in [0.1, 0.15) is 0 Å². The molecule has 35 heavy (non-hydrogen) atoms. The zero-order valence-corrected chi connectivity index (χ0v) is 22.2. The van der Waals surface area contributed by atoms with Crippen molar-refractivity contribution in [1.82, 2.24) is 15.1 Å². The lowest BCUT2D eigenvalue weighted by Gasteiger charge is -2.54. The number of barbiturate groups is 1. The number of carbonyl (C=O) groups is 3. The number of hydrogen-bond donors (Lipinski definition) is 2. The number of amides is 4. The number of fused-ring (bicyclic) bond motifs is 8. The molecule has 188 valence electrons. The van der Waals surface area contributed by atoms with Crippen molar-refractivity contribution >= 4 is 46.6 Å². The Bertz CT molecular complexity index is 1130. The Kier molecular flexibility index (Phi) is 5.26. The fourth-order valence-electron chi connectivity index (χ4n) is 7.87. The monoisotopic (exact) mass is 497 g/mol. The van der Waals surface area contributed by atoms with Gasteiger partial charge in [-0.25, -0.2) is 4.79 Å². The molecule has 0 radical (unpaired) electrons. The maximum absolute atomic E-state index is 14.0. The lowest BCUT2D eigenvalue weighted by atomic mass is 9.56. The number of hydrogen-bond acceptors (Lipinski definition) is 5. The minimum atomic E-state index is -1.35. The Morgan fingerprint density at radius 1 is 1.09 bits per heavy atom. The molecule has 5 rings (SSSR count). The first-order valence-electron chi connectivity index (χ1n) is 12.4. The molecule has 1 spiro atoms. The van der Waals surface area contributed by atoms with Crippen LogP contribution in [0.2, 0.25) is 0 Å². The van der Waals surface area contributed by atoms with Crippen molar-refractivity contribution in [1.29, 1.82) is 0 Å². The van der Waals surface area contributed by atoms with E-state index in [0.29, 0.717) is 11.7 Å². The molecule has 3 aliphatic heterocycles. The smallest absolute Gasteiger partial charge is 0.332 e. The van der Waals surface area contributed by atoms with Gasteiger partial charge in [-0.3, -0.25) is 19.4 Å². The summed E-state index contributed by atoms with van der Waals surface area (Å²) in [6.45, 7) is 9.49. The van der Waals surface area contributed by atoms with Crippen LogP contribution in [0.4, 0.5) is 16.2 Å². The third kappa shape index (κ3) is 3.30. The van der Waals surface area contributed by atoms with E-state index in [1.54, 1.807) is 0 Å². The third-order valence-corrected chi connectivity index (χ3v) is 8.79. The molecular weight excluding hydrogens is 462 g/mol. The second-order valence-electron chi connectivity index (χ2n) is 11.9. The number of imide groups is 2. The van der Waals surface area contributed by atoms with Crippen LogP contribution in [-0.2, 0) is 16.0 Å². The summed E-state index contributed by atoms with van der Waals surface area (Å²) in [4.78, 5) is 45.5. The lowest BCUT2D eigenvalue weighted by molar-refractivity contribution is -0.161. The SMILES string of the molecule is CCNC(=S)Nc1ccc2c(c1)CC1(C(=O)N(C)C(=O)N(C)C1=O)[C@@H]1N2[C@@H]2CC(C)(C)C[C@]1(C)C2. The topological polar surface area (TPSA) is 85.0 Å². The number of benzene rings is 1. The normalized spacial score (nSPS) is 30.3. The van der Waals surface area contributed by atoms with Crippen molar-refractivity contribution in [3.05, 3.63) is 23.8 Å². The predicted molar refractivity (Wildman–Crippen MR) is 139 cm³/mol. The summed E-state index contributed by atoms with van der Waals surface area (Å²) >= 11 is 5.37. The summed E-state index contributed by atoms with van der Waals surface area (Å²) in [5, 5.41) is 6.83. The van der Waals surface area contributed by atoms with Crippen LogP contribution in [0.5, 0.6) is 0 Å². The van der Waals surface area contributed by atoms with Gasteiger partial charge >= 0.3 is 6.03 Å². The van der Waals surface area contributed by atoms with Gasteiger partial charge in [0.25, 0.3) is 0 Å². The van der Waals surface area contributed by atoms with Crippen molar-refractivity contribution in [3.63, 3.8) is 0 Å². The van der Waals surface area contributed by atoms with Gasteiger partial charge in [-0.15, -0.1) is 0 Å². The third-order valence-electron chi connectivity index (χ3n) is 8.54. The van der Waals surface area contributed by atoms with E-state index in [-0.39, 0.29) is 41.1 Å². The Morgan fingerprint density at radius 3 is 2.37 bits per heavy atom. The van der Waals surface area contributed by atoms with E-state index in [1.807, 2.05) is 19.1 Å². The van der Waals surface area contributed by atoms with Gasteiger partial charge in [0, 0.05) is 38.1 Å². The van der Waals surface area contributed by atoms with Gasteiger partial charge in [0.15, 0.2) is 10.5 Å². The van der Waals surface area contributed by atoms with Gasteiger partial charge in [-0.2, -0.15) is 0 Å². The van der Waals surface area contributed by atoms with Crippen LogP contribution in [0.3, 0.4) is 0 Å². The maximum atomic E-state index is 14.0. The van der Waals surface area contributed by atoms with Crippen molar-refractivity contribution in [2.24, 2.45) is 16.2 Å². The van der Waals surface area contributed by atoms with E-state index in [0.717, 1.165) is 46.0 Å². The zero-order chi connectivity index (χ0) is 25.5. The average Bonchev–Trinajstić information content (AvgIpc) is 3.00. The first-order valence-corrected chi connectivity index (χ1v) is 12.8. The highest BCUT2D eigenvalue weighted by Crippen LogP contribution is 2.64. The van der Waals surface area contributed by atoms with Crippen molar-refractivity contribution in [2.45, 2.75) is 65.5 Å². The molecule has 2 bridgehead atoms.